The SMILES string of the molecule is COC(=O)/C(C)=C/C1=NCCc2c1[nH]c1ccc(Cl)cc21. The minimum Gasteiger partial charge on any atom is -0.466 e. The molecule has 5 heteroatoms. The first kappa shape index (κ1) is 13.9. The second kappa shape index (κ2) is 5.37. The zero-order chi connectivity index (χ0) is 15.0. The number of methoxy groups -OCH3 is 1. The van der Waals surface area contributed by atoms with E-state index >= 15 is 0 Å². The van der Waals surface area contributed by atoms with Crippen molar-refractivity contribution >= 4 is 34.2 Å². The van der Waals surface area contributed by atoms with E-state index in [1.165, 1.54) is 12.7 Å². The molecular weight excluding hydrogens is 288 g/mol. The summed E-state index contributed by atoms with van der Waals surface area (Å²) < 4.78 is 4.73. The van der Waals surface area contributed by atoms with E-state index in [-0.39, 0.29) is 5.97 Å². The van der Waals surface area contributed by atoms with Gasteiger partial charge in [0.2, 0.25) is 0 Å². The van der Waals surface area contributed by atoms with Gasteiger partial charge >= 0.3 is 5.97 Å². The molecule has 2 aromatic rings. The van der Waals surface area contributed by atoms with E-state index in [0.29, 0.717) is 12.1 Å². The zero-order valence-corrected chi connectivity index (χ0v) is 12.6. The molecule has 1 N–H and O–H groups in total. The molecule has 0 bridgehead atoms. The number of allylic oxidation sites excluding steroid dienone is 1. The number of fused-ring (bicyclic) bond motifs is 3. The molecule has 3 rings (SSSR count). The van der Waals surface area contributed by atoms with Crippen LogP contribution >= 0.6 is 11.6 Å². The van der Waals surface area contributed by atoms with Crippen LogP contribution in [0.3, 0.4) is 0 Å². The van der Waals surface area contributed by atoms with Crippen LogP contribution in [0.5, 0.6) is 0 Å². The fourth-order valence-corrected chi connectivity index (χ4v) is 2.78. The molecule has 21 heavy (non-hydrogen) atoms. The maximum absolute atomic E-state index is 11.5. The van der Waals surface area contributed by atoms with Gasteiger partial charge in [0.15, 0.2) is 0 Å². The van der Waals surface area contributed by atoms with Gasteiger partial charge in [-0.3, -0.25) is 4.99 Å². The standard InChI is InChI=1S/C16H15ClN2O2/c1-9(16(20)21-2)7-14-15-11(5-6-18-14)12-8-10(17)3-4-13(12)19-15/h3-4,7-8,19H,5-6H2,1-2H3/b9-7+. The van der Waals surface area contributed by atoms with Crippen LogP contribution in [-0.4, -0.2) is 30.3 Å². The highest BCUT2D eigenvalue weighted by Crippen LogP contribution is 2.29. The lowest BCUT2D eigenvalue weighted by atomic mass is 10.0. The van der Waals surface area contributed by atoms with E-state index < -0.39 is 0 Å². The molecule has 0 radical (unpaired) electrons. The predicted octanol–water partition coefficient (Wildman–Crippen LogP) is 3.29. The molecule has 1 aliphatic rings. The summed E-state index contributed by atoms with van der Waals surface area (Å²) in [5.74, 6) is -0.344. The quantitative estimate of drug-likeness (QED) is 0.683. The fraction of sp³-hybridized carbons (Fsp3) is 0.250. The summed E-state index contributed by atoms with van der Waals surface area (Å²) in [5.41, 5.74) is 4.50. The van der Waals surface area contributed by atoms with E-state index in [0.717, 1.165) is 33.8 Å². The van der Waals surface area contributed by atoms with Crippen molar-refractivity contribution in [3.05, 3.63) is 46.1 Å². The Kier molecular flexibility index (Phi) is 3.55. The number of rotatable bonds is 2. The van der Waals surface area contributed by atoms with E-state index in [9.17, 15) is 4.79 Å². The lowest BCUT2D eigenvalue weighted by Crippen LogP contribution is -2.12. The van der Waals surface area contributed by atoms with Crippen LogP contribution in [-0.2, 0) is 16.0 Å². The molecule has 1 aliphatic heterocycles. The number of aromatic amines is 1. The summed E-state index contributed by atoms with van der Waals surface area (Å²) in [6.07, 6.45) is 2.63. The van der Waals surface area contributed by atoms with Crippen LogP contribution in [0.1, 0.15) is 18.2 Å². The van der Waals surface area contributed by atoms with Gasteiger partial charge in [-0.05, 0) is 43.2 Å². The van der Waals surface area contributed by atoms with E-state index in [4.69, 9.17) is 16.3 Å². The van der Waals surface area contributed by atoms with Gasteiger partial charge in [-0.25, -0.2) is 4.79 Å². The van der Waals surface area contributed by atoms with E-state index in [1.54, 1.807) is 13.0 Å². The molecule has 0 unspecified atom stereocenters. The predicted molar refractivity (Wildman–Crippen MR) is 84.2 cm³/mol. The number of aromatic nitrogens is 1. The second-order valence-corrected chi connectivity index (χ2v) is 5.44. The number of benzene rings is 1. The lowest BCUT2D eigenvalue weighted by Gasteiger charge is -2.11. The van der Waals surface area contributed by atoms with Crippen LogP contribution in [0.2, 0.25) is 5.02 Å². The van der Waals surface area contributed by atoms with Gasteiger partial charge < -0.3 is 9.72 Å². The number of halogens is 1. The molecule has 1 aromatic heterocycles. The maximum atomic E-state index is 11.5. The average molecular weight is 303 g/mol. The highest BCUT2D eigenvalue weighted by Gasteiger charge is 2.19. The van der Waals surface area contributed by atoms with Crippen molar-refractivity contribution in [3.8, 4) is 0 Å². The molecule has 0 atom stereocenters. The number of hydrogen-bond acceptors (Lipinski definition) is 3. The van der Waals surface area contributed by atoms with Crippen molar-refractivity contribution in [2.45, 2.75) is 13.3 Å². The first-order valence-corrected chi connectivity index (χ1v) is 7.09. The van der Waals surface area contributed by atoms with Gasteiger partial charge in [0.25, 0.3) is 0 Å². The fourth-order valence-electron chi connectivity index (χ4n) is 2.61. The summed E-state index contributed by atoms with van der Waals surface area (Å²) in [7, 11) is 1.37. The van der Waals surface area contributed by atoms with Crippen LogP contribution in [0.25, 0.3) is 10.9 Å². The van der Waals surface area contributed by atoms with Crippen LogP contribution in [0, 0.1) is 0 Å². The Morgan fingerprint density at radius 2 is 2.29 bits per heavy atom. The average Bonchev–Trinajstić information content (AvgIpc) is 2.85. The van der Waals surface area contributed by atoms with Crippen molar-refractivity contribution in [2.75, 3.05) is 13.7 Å². The number of H-pyrrole nitrogens is 1. The van der Waals surface area contributed by atoms with Crippen molar-refractivity contribution in [1.82, 2.24) is 4.98 Å². The number of nitrogens with one attached hydrogen (secondary N) is 1. The van der Waals surface area contributed by atoms with E-state index in [2.05, 4.69) is 9.98 Å². The number of carbonyl (C=O) groups excluding carboxylic acids is 1. The van der Waals surface area contributed by atoms with Crippen LogP contribution in [0.4, 0.5) is 0 Å². The molecule has 108 valence electrons. The number of ether oxygens (including phenoxy) is 1. The molecule has 0 aliphatic carbocycles. The Morgan fingerprint density at radius 3 is 3.05 bits per heavy atom. The molecule has 2 heterocycles. The van der Waals surface area contributed by atoms with Crippen LogP contribution in [0.15, 0.2) is 34.8 Å². The summed E-state index contributed by atoms with van der Waals surface area (Å²) in [5, 5.41) is 1.84. The second-order valence-electron chi connectivity index (χ2n) is 5.00. The third-order valence-electron chi connectivity index (χ3n) is 3.63. The molecule has 0 amide bonds. The summed E-state index contributed by atoms with van der Waals surface area (Å²) in [6, 6.07) is 5.79. The van der Waals surface area contributed by atoms with Gasteiger partial charge in [-0.2, -0.15) is 0 Å². The number of nitrogens with zero attached hydrogens (tertiary/aromatic N) is 1. The molecule has 0 saturated carbocycles. The monoisotopic (exact) mass is 302 g/mol. The summed E-state index contributed by atoms with van der Waals surface area (Å²) in [6.45, 7) is 2.43. The van der Waals surface area contributed by atoms with Gasteiger partial charge in [0.1, 0.15) is 0 Å². The number of hydrogen-bond donors (Lipinski definition) is 1. The lowest BCUT2D eigenvalue weighted by molar-refractivity contribution is -0.136. The van der Waals surface area contributed by atoms with Gasteiger partial charge in [0.05, 0.1) is 18.5 Å². The Labute approximate surface area is 127 Å². The van der Waals surface area contributed by atoms with Crippen molar-refractivity contribution < 1.29 is 9.53 Å². The molecule has 0 spiro atoms. The molecule has 0 saturated heterocycles. The van der Waals surface area contributed by atoms with Crippen LogP contribution < -0.4 is 0 Å². The largest absolute Gasteiger partial charge is 0.466 e. The third-order valence-corrected chi connectivity index (χ3v) is 3.86. The normalized spacial score (nSPS) is 14.8. The zero-order valence-electron chi connectivity index (χ0n) is 11.9. The summed E-state index contributed by atoms with van der Waals surface area (Å²) >= 11 is 6.08. The highest BCUT2D eigenvalue weighted by molar-refractivity contribution is 6.31. The highest BCUT2D eigenvalue weighted by atomic mass is 35.5. The molecule has 0 fully saturated rings. The smallest absolute Gasteiger partial charge is 0.333 e. The Balaban J connectivity index is 2.10. The Morgan fingerprint density at radius 1 is 1.48 bits per heavy atom. The topological polar surface area (TPSA) is 54.4 Å². The van der Waals surface area contributed by atoms with Gasteiger partial charge in [-0.15, -0.1) is 0 Å². The minimum absolute atomic E-state index is 0.344. The first-order valence-electron chi connectivity index (χ1n) is 6.71. The third kappa shape index (κ3) is 2.47. The van der Waals surface area contributed by atoms with E-state index in [1.807, 2.05) is 18.2 Å². The minimum atomic E-state index is -0.344. The number of esters is 1. The van der Waals surface area contributed by atoms with Crippen molar-refractivity contribution in [2.24, 2.45) is 4.99 Å². The summed E-state index contributed by atoms with van der Waals surface area (Å²) in [4.78, 5) is 19.4. The maximum Gasteiger partial charge on any atom is 0.333 e. The molecule has 4 nitrogen and oxygen atoms in total. The number of carbonyl (C=O) groups is 1. The first-order chi connectivity index (χ1) is 10.1. The van der Waals surface area contributed by atoms with Crippen molar-refractivity contribution in [1.29, 1.82) is 0 Å². The molecular formula is C16H15ClN2O2. The van der Waals surface area contributed by atoms with Gasteiger partial charge in [-0.1, -0.05) is 11.6 Å². The van der Waals surface area contributed by atoms with Gasteiger partial charge in [0, 0.05) is 28.0 Å². The molecule has 1 aromatic carbocycles. The number of aliphatic imine (C=N–C) groups is 1. The Bertz CT molecular complexity index is 787. The van der Waals surface area contributed by atoms with Crippen molar-refractivity contribution in [3.63, 3.8) is 0 Å². The Hall–Kier alpha value is -2.07.